The van der Waals surface area contributed by atoms with Gasteiger partial charge in [0.15, 0.2) is 5.96 Å². The lowest BCUT2D eigenvalue weighted by atomic mass is 9.98. The van der Waals surface area contributed by atoms with Crippen molar-refractivity contribution in [3.05, 3.63) is 0 Å². The van der Waals surface area contributed by atoms with Crippen molar-refractivity contribution in [2.24, 2.45) is 10.9 Å². The molecule has 31 heavy (non-hydrogen) atoms. The molecule has 2 aliphatic rings. The second-order valence-electron chi connectivity index (χ2n) is 8.59. The van der Waals surface area contributed by atoms with Crippen molar-refractivity contribution in [1.29, 1.82) is 0 Å². The lowest BCUT2D eigenvalue weighted by molar-refractivity contribution is -0.136. The number of ether oxygens (including phenoxy) is 1. The molecule has 2 N–H and O–H groups in total. The summed E-state index contributed by atoms with van der Waals surface area (Å²) in [5, 5.41) is 6.88. The highest BCUT2D eigenvalue weighted by Gasteiger charge is 2.27. The first-order chi connectivity index (χ1) is 14.9. The van der Waals surface area contributed by atoms with Crippen LogP contribution in [0.3, 0.4) is 0 Å². The molecule has 2 amide bonds. The van der Waals surface area contributed by atoms with Crippen molar-refractivity contribution in [3.8, 4) is 0 Å². The fourth-order valence-electron chi connectivity index (χ4n) is 3.93. The van der Waals surface area contributed by atoms with Crippen LogP contribution in [0, 0.1) is 5.92 Å². The largest absolute Gasteiger partial charge is 0.379 e. The van der Waals surface area contributed by atoms with Crippen molar-refractivity contribution in [1.82, 2.24) is 25.3 Å². The van der Waals surface area contributed by atoms with E-state index < -0.39 is 0 Å². The Morgan fingerprint density at radius 2 is 1.74 bits per heavy atom. The van der Waals surface area contributed by atoms with Crippen molar-refractivity contribution in [2.75, 3.05) is 73.1 Å². The maximum absolute atomic E-state index is 12.6. The summed E-state index contributed by atoms with van der Waals surface area (Å²) in [4.78, 5) is 35.1. The maximum atomic E-state index is 12.6. The van der Waals surface area contributed by atoms with E-state index in [1.165, 1.54) is 0 Å². The minimum absolute atomic E-state index is 0.0279. The summed E-state index contributed by atoms with van der Waals surface area (Å²) in [5.74, 6) is 1.08. The first-order valence-corrected chi connectivity index (χ1v) is 11.8. The Morgan fingerprint density at radius 3 is 2.32 bits per heavy atom. The summed E-state index contributed by atoms with van der Waals surface area (Å²) >= 11 is 0. The molecule has 0 aromatic carbocycles. The summed E-state index contributed by atoms with van der Waals surface area (Å²) in [6.45, 7) is 11.0. The van der Waals surface area contributed by atoms with Gasteiger partial charge < -0.3 is 25.2 Å². The number of morpholine rings is 1. The number of hydrogen-bond donors (Lipinski definition) is 2. The predicted molar refractivity (Wildman–Crippen MR) is 123 cm³/mol. The Labute approximate surface area is 187 Å². The van der Waals surface area contributed by atoms with Gasteiger partial charge >= 0.3 is 0 Å². The first-order valence-electron chi connectivity index (χ1n) is 11.8. The molecule has 2 saturated heterocycles. The van der Waals surface area contributed by atoms with Crippen LogP contribution in [0.1, 0.15) is 39.5 Å². The molecule has 9 nitrogen and oxygen atoms in total. The van der Waals surface area contributed by atoms with Gasteiger partial charge in [0.1, 0.15) is 6.54 Å². The number of nitrogens with one attached hydrogen (secondary N) is 2. The third-order valence-corrected chi connectivity index (χ3v) is 6.18. The molecule has 0 atom stereocenters. The van der Waals surface area contributed by atoms with Crippen molar-refractivity contribution >= 4 is 17.8 Å². The van der Waals surface area contributed by atoms with E-state index in [0.29, 0.717) is 5.96 Å². The summed E-state index contributed by atoms with van der Waals surface area (Å²) in [5.41, 5.74) is 0. The normalized spacial score (nSPS) is 18.9. The lowest BCUT2D eigenvalue weighted by Crippen LogP contribution is -2.51. The number of carbonyl (C=O) groups is 2. The molecular formula is C22H42N6O3. The molecular weight excluding hydrogens is 396 g/mol. The summed E-state index contributed by atoms with van der Waals surface area (Å²) in [6.07, 6.45) is 3.57. The molecule has 0 saturated carbocycles. The highest BCUT2D eigenvalue weighted by atomic mass is 16.5. The van der Waals surface area contributed by atoms with E-state index in [-0.39, 0.29) is 30.3 Å². The van der Waals surface area contributed by atoms with Crippen molar-refractivity contribution < 1.29 is 14.3 Å². The van der Waals surface area contributed by atoms with Gasteiger partial charge in [0, 0.05) is 65.3 Å². The number of hydrogen-bond acceptors (Lipinski definition) is 5. The zero-order valence-electron chi connectivity index (χ0n) is 19.9. The SMILES string of the molecule is CCC(CC)C(=O)N1CCC(NC(=NCC(=O)N(C)C)NCCN2CCOCC2)CC1. The highest BCUT2D eigenvalue weighted by Crippen LogP contribution is 2.17. The van der Waals surface area contributed by atoms with E-state index in [2.05, 4.69) is 34.4 Å². The molecule has 0 aromatic rings. The van der Waals surface area contributed by atoms with E-state index in [4.69, 9.17) is 4.74 Å². The van der Waals surface area contributed by atoms with Crippen LogP contribution in [0.5, 0.6) is 0 Å². The van der Waals surface area contributed by atoms with Gasteiger partial charge in [-0.25, -0.2) is 4.99 Å². The molecule has 2 fully saturated rings. The van der Waals surface area contributed by atoms with E-state index in [9.17, 15) is 9.59 Å². The average Bonchev–Trinajstić information content (AvgIpc) is 2.79. The van der Waals surface area contributed by atoms with E-state index in [1.807, 2.05) is 4.90 Å². The minimum atomic E-state index is -0.0279. The number of nitrogens with zero attached hydrogens (tertiary/aromatic N) is 4. The van der Waals surface area contributed by atoms with Crippen LogP contribution >= 0.6 is 0 Å². The Bertz CT molecular complexity index is 580. The Hall–Kier alpha value is -1.87. The topological polar surface area (TPSA) is 89.5 Å². The van der Waals surface area contributed by atoms with Gasteiger partial charge in [-0.15, -0.1) is 0 Å². The second-order valence-corrected chi connectivity index (χ2v) is 8.59. The first kappa shape index (κ1) is 25.4. The molecule has 0 spiro atoms. The van der Waals surface area contributed by atoms with Crippen molar-refractivity contribution in [2.45, 2.75) is 45.6 Å². The number of likely N-dealkylation sites (N-methyl/N-ethyl adjacent to an activating group) is 1. The Morgan fingerprint density at radius 1 is 1.10 bits per heavy atom. The van der Waals surface area contributed by atoms with Gasteiger partial charge in [-0.2, -0.15) is 0 Å². The van der Waals surface area contributed by atoms with Crippen LogP contribution in [0.4, 0.5) is 0 Å². The zero-order valence-corrected chi connectivity index (χ0v) is 19.9. The molecule has 178 valence electrons. The lowest BCUT2D eigenvalue weighted by Gasteiger charge is -2.35. The molecule has 2 rings (SSSR count). The van der Waals surface area contributed by atoms with Gasteiger partial charge in [0.25, 0.3) is 0 Å². The van der Waals surface area contributed by atoms with Gasteiger partial charge in [0.05, 0.1) is 13.2 Å². The number of aliphatic imine (C=N–C) groups is 1. The number of piperidine rings is 1. The van der Waals surface area contributed by atoms with E-state index >= 15 is 0 Å². The number of rotatable bonds is 9. The predicted octanol–water partition coefficient (Wildman–Crippen LogP) is 0.369. The zero-order chi connectivity index (χ0) is 22.6. The second kappa shape index (κ2) is 13.5. The summed E-state index contributed by atoms with van der Waals surface area (Å²) in [6, 6.07) is 0.245. The van der Waals surface area contributed by atoms with Gasteiger partial charge in [-0.1, -0.05) is 13.8 Å². The average molecular weight is 439 g/mol. The monoisotopic (exact) mass is 438 g/mol. The third-order valence-electron chi connectivity index (χ3n) is 6.18. The number of carbonyl (C=O) groups excluding carboxylic acids is 2. The van der Waals surface area contributed by atoms with Crippen LogP contribution < -0.4 is 10.6 Å². The minimum Gasteiger partial charge on any atom is -0.379 e. The number of likely N-dealkylation sites (tertiary alicyclic amines) is 1. The van der Waals surface area contributed by atoms with Gasteiger partial charge in [-0.3, -0.25) is 14.5 Å². The standard InChI is InChI=1S/C22H42N6O3/c1-5-18(6-2)21(30)28-10-7-19(8-11-28)25-22(24-17-20(29)26(3)4)23-9-12-27-13-15-31-16-14-27/h18-19H,5-17H2,1-4H3,(H2,23,24,25). The quantitative estimate of drug-likeness (QED) is 0.399. The van der Waals surface area contributed by atoms with Crippen LogP contribution in [0.25, 0.3) is 0 Å². The maximum Gasteiger partial charge on any atom is 0.243 e. The molecule has 0 aromatic heterocycles. The molecule has 9 heteroatoms. The summed E-state index contributed by atoms with van der Waals surface area (Å²) < 4.78 is 5.40. The molecule has 0 unspecified atom stereocenters. The molecule has 2 aliphatic heterocycles. The molecule has 0 radical (unpaired) electrons. The molecule has 0 bridgehead atoms. The van der Waals surface area contributed by atoms with E-state index in [0.717, 1.165) is 78.2 Å². The van der Waals surface area contributed by atoms with Crippen molar-refractivity contribution in [3.63, 3.8) is 0 Å². The smallest absolute Gasteiger partial charge is 0.243 e. The molecule has 0 aliphatic carbocycles. The third kappa shape index (κ3) is 8.65. The van der Waals surface area contributed by atoms with Crippen LogP contribution in [-0.2, 0) is 14.3 Å². The summed E-state index contributed by atoms with van der Waals surface area (Å²) in [7, 11) is 3.48. The number of guanidine groups is 1. The van der Waals surface area contributed by atoms with Crippen LogP contribution in [-0.4, -0.2) is 112 Å². The Balaban J connectivity index is 1.85. The fraction of sp³-hybridized carbons (Fsp3) is 0.864. The van der Waals surface area contributed by atoms with Gasteiger partial charge in [-0.05, 0) is 25.7 Å². The Kier molecular flexibility index (Phi) is 11.1. The van der Waals surface area contributed by atoms with Gasteiger partial charge in [0.2, 0.25) is 11.8 Å². The number of amides is 2. The van der Waals surface area contributed by atoms with Crippen LogP contribution in [0.15, 0.2) is 4.99 Å². The van der Waals surface area contributed by atoms with E-state index in [1.54, 1.807) is 19.0 Å². The fourth-order valence-corrected chi connectivity index (χ4v) is 3.93. The molecule has 2 heterocycles. The van der Waals surface area contributed by atoms with Crippen LogP contribution in [0.2, 0.25) is 0 Å². The highest BCUT2D eigenvalue weighted by molar-refractivity contribution is 5.85.